The second kappa shape index (κ2) is 7.39. The highest BCUT2D eigenvalue weighted by atomic mass is 79.9. The van der Waals surface area contributed by atoms with E-state index in [-0.39, 0.29) is 39.8 Å². The number of halogens is 4. The van der Waals surface area contributed by atoms with Crippen LogP contribution in [0.3, 0.4) is 0 Å². The third kappa shape index (κ3) is 3.37. The summed E-state index contributed by atoms with van der Waals surface area (Å²) in [5, 5.41) is 18.7. The van der Waals surface area contributed by atoms with Crippen LogP contribution in [0.5, 0.6) is 0 Å². The first-order valence-electron chi connectivity index (χ1n) is 7.45. The molecule has 1 aliphatic heterocycles. The summed E-state index contributed by atoms with van der Waals surface area (Å²) in [5.74, 6) is -0.308. The maximum absolute atomic E-state index is 14.5. The van der Waals surface area contributed by atoms with Gasteiger partial charge in [0.1, 0.15) is 11.3 Å². The lowest BCUT2D eigenvalue weighted by Crippen LogP contribution is -2.55. The molecular formula is C15H11BrCl2FN5O2. The first-order valence-corrected chi connectivity index (χ1v) is 9.00. The summed E-state index contributed by atoms with van der Waals surface area (Å²) in [5.41, 5.74) is 0.00812. The van der Waals surface area contributed by atoms with Gasteiger partial charge in [-0.2, -0.15) is 10.2 Å². The van der Waals surface area contributed by atoms with Crippen LogP contribution in [0.4, 0.5) is 15.0 Å². The molecule has 26 heavy (non-hydrogen) atoms. The van der Waals surface area contributed by atoms with Crippen molar-refractivity contribution in [3.8, 4) is 6.07 Å². The van der Waals surface area contributed by atoms with E-state index < -0.39 is 18.0 Å². The molecule has 1 unspecified atom stereocenters. The Bertz CT molecular complexity index is 939. The number of nitrogens with zero attached hydrogens (tertiary/aromatic N) is 5. The number of piperazine rings is 1. The maximum atomic E-state index is 14.5. The van der Waals surface area contributed by atoms with Crippen molar-refractivity contribution in [2.24, 2.45) is 0 Å². The summed E-state index contributed by atoms with van der Waals surface area (Å²) in [6.07, 6.45) is -1.06. The second-order valence-corrected chi connectivity index (χ2v) is 7.18. The molecule has 1 amide bonds. The van der Waals surface area contributed by atoms with Gasteiger partial charge in [-0.15, -0.1) is 0 Å². The molecule has 0 bridgehead atoms. The number of hydrogen-bond acceptors (Lipinski definition) is 5. The van der Waals surface area contributed by atoms with Crippen molar-refractivity contribution in [2.45, 2.75) is 12.5 Å². The zero-order valence-electron chi connectivity index (χ0n) is 13.1. The fraction of sp³-hybridized carbons (Fsp3) is 0.333. The zero-order valence-corrected chi connectivity index (χ0v) is 16.2. The minimum Gasteiger partial charge on any atom is -0.465 e. The standard InChI is InChI=1S/C15H11BrCl2FN5O2/c16-10-9(17)5-8-12(11(10)19)21-14(18)22-13(8)23-3-4-24(15(25)26)7(6-23)1-2-20/h5,7H,1,3-4,6H2,(H,25,26). The summed E-state index contributed by atoms with van der Waals surface area (Å²) < 4.78 is 14.6. The van der Waals surface area contributed by atoms with Crippen molar-refractivity contribution in [1.82, 2.24) is 14.9 Å². The van der Waals surface area contributed by atoms with Gasteiger partial charge in [-0.1, -0.05) is 11.6 Å². The number of carboxylic acid groups (broad SMARTS) is 1. The Hall–Kier alpha value is -1.89. The molecule has 11 heteroatoms. The van der Waals surface area contributed by atoms with Crippen molar-refractivity contribution in [3.05, 3.63) is 26.7 Å². The Kier molecular flexibility index (Phi) is 5.37. The first-order chi connectivity index (χ1) is 12.3. The Morgan fingerprint density at radius 1 is 1.46 bits per heavy atom. The van der Waals surface area contributed by atoms with E-state index in [0.29, 0.717) is 17.7 Å². The predicted molar refractivity (Wildman–Crippen MR) is 98.2 cm³/mol. The lowest BCUT2D eigenvalue weighted by molar-refractivity contribution is 0.119. The average molecular weight is 463 g/mol. The van der Waals surface area contributed by atoms with E-state index >= 15 is 0 Å². The minimum atomic E-state index is -1.09. The van der Waals surface area contributed by atoms with Gasteiger partial charge >= 0.3 is 6.09 Å². The molecule has 0 spiro atoms. The van der Waals surface area contributed by atoms with Gasteiger partial charge in [0.15, 0.2) is 5.82 Å². The van der Waals surface area contributed by atoms with E-state index in [9.17, 15) is 14.3 Å². The second-order valence-electron chi connectivity index (χ2n) is 5.64. The van der Waals surface area contributed by atoms with Gasteiger partial charge < -0.3 is 14.9 Å². The number of aromatic nitrogens is 2. The SMILES string of the molecule is N#CCC1CN(c2nc(Cl)nc3c(F)c(Br)c(Cl)cc23)CCN1C(=O)O. The lowest BCUT2D eigenvalue weighted by atomic mass is 10.1. The fourth-order valence-corrected chi connectivity index (χ4v) is 3.61. The number of rotatable bonds is 2. The molecule has 0 radical (unpaired) electrons. The highest BCUT2D eigenvalue weighted by Crippen LogP contribution is 2.36. The Balaban J connectivity index is 2.08. The third-order valence-electron chi connectivity index (χ3n) is 4.13. The molecule has 3 rings (SSSR count). The Labute approximate surface area is 166 Å². The highest BCUT2D eigenvalue weighted by molar-refractivity contribution is 9.10. The van der Waals surface area contributed by atoms with Crippen molar-refractivity contribution in [3.63, 3.8) is 0 Å². The van der Waals surface area contributed by atoms with Crippen LogP contribution in [0.1, 0.15) is 6.42 Å². The molecule has 1 aromatic heterocycles. The molecule has 1 aromatic carbocycles. The van der Waals surface area contributed by atoms with Gasteiger partial charge in [0.2, 0.25) is 5.28 Å². The lowest BCUT2D eigenvalue weighted by Gasteiger charge is -2.39. The van der Waals surface area contributed by atoms with Gasteiger partial charge in [-0.25, -0.2) is 14.2 Å². The highest BCUT2D eigenvalue weighted by Gasteiger charge is 2.32. The van der Waals surface area contributed by atoms with Crippen LogP contribution in [0.25, 0.3) is 10.9 Å². The van der Waals surface area contributed by atoms with E-state index in [1.165, 1.54) is 11.0 Å². The monoisotopic (exact) mass is 461 g/mol. The number of fused-ring (bicyclic) bond motifs is 1. The quantitative estimate of drug-likeness (QED) is 0.537. The van der Waals surface area contributed by atoms with E-state index in [1.807, 2.05) is 6.07 Å². The smallest absolute Gasteiger partial charge is 0.407 e. The number of anilines is 1. The normalized spacial score (nSPS) is 17.4. The van der Waals surface area contributed by atoms with E-state index in [4.69, 9.17) is 28.5 Å². The number of hydrogen-bond donors (Lipinski definition) is 1. The van der Waals surface area contributed by atoms with E-state index in [2.05, 4.69) is 25.9 Å². The van der Waals surface area contributed by atoms with Gasteiger partial charge in [-0.05, 0) is 33.6 Å². The van der Waals surface area contributed by atoms with Gasteiger partial charge in [0, 0.05) is 25.0 Å². The molecule has 0 aliphatic carbocycles. The molecular weight excluding hydrogens is 452 g/mol. The van der Waals surface area contributed by atoms with Crippen molar-refractivity contribution < 1.29 is 14.3 Å². The topological polar surface area (TPSA) is 93.4 Å². The van der Waals surface area contributed by atoms with Crippen LogP contribution in [-0.2, 0) is 0 Å². The third-order valence-corrected chi connectivity index (χ3v) is 5.61. The van der Waals surface area contributed by atoms with Gasteiger partial charge in [0.25, 0.3) is 0 Å². The van der Waals surface area contributed by atoms with Crippen LogP contribution in [0, 0.1) is 17.1 Å². The number of benzene rings is 1. The number of amides is 1. The molecule has 0 saturated carbocycles. The van der Waals surface area contributed by atoms with Crippen LogP contribution in [0.15, 0.2) is 10.5 Å². The molecule has 136 valence electrons. The van der Waals surface area contributed by atoms with Crippen molar-refractivity contribution >= 4 is 61.9 Å². The molecule has 7 nitrogen and oxygen atoms in total. The van der Waals surface area contributed by atoms with Crippen LogP contribution >= 0.6 is 39.1 Å². The first kappa shape index (κ1) is 18.9. The van der Waals surface area contributed by atoms with Gasteiger partial charge in [-0.3, -0.25) is 0 Å². The largest absolute Gasteiger partial charge is 0.465 e. The summed E-state index contributed by atoms with van der Waals surface area (Å²) in [6.45, 7) is 0.709. The summed E-state index contributed by atoms with van der Waals surface area (Å²) in [7, 11) is 0. The molecule has 2 aromatic rings. The average Bonchev–Trinajstić information content (AvgIpc) is 2.60. The minimum absolute atomic E-state index is 0.00812. The van der Waals surface area contributed by atoms with Crippen LogP contribution < -0.4 is 4.90 Å². The van der Waals surface area contributed by atoms with Crippen molar-refractivity contribution in [1.29, 1.82) is 5.26 Å². The Morgan fingerprint density at radius 3 is 2.85 bits per heavy atom. The van der Waals surface area contributed by atoms with Crippen LogP contribution in [0.2, 0.25) is 10.3 Å². The molecule has 2 heterocycles. The van der Waals surface area contributed by atoms with Gasteiger partial charge in [0.05, 0.1) is 28.0 Å². The molecule has 1 atom stereocenters. The molecule has 1 saturated heterocycles. The van der Waals surface area contributed by atoms with Crippen LogP contribution in [-0.4, -0.2) is 51.7 Å². The molecule has 1 N–H and O–H groups in total. The van der Waals surface area contributed by atoms with E-state index in [1.54, 1.807) is 4.90 Å². The number of nitriles is 1. The zero-order chi connectivity index (χ0) is 19.0. The number of carbonyl (C=O) groups is 1. The van der Waals surface area contributed by atoms with E-state index in [0.717, 1.165) is 0 Å². The molecule has 1 fully saturated rings. The fourth-order valence-electron chi connectivity index (χ4n) is 2.95. The predicted octanol–water partition coefficient (Wildman–Crippen LogP) is 3.92. The summed E-state index contributed by atoms with van der Waals surface area (Å²) in [4.78, 5) is 22.5. The molecule has 1 aliphatic rings. The summed E-state index contributed by atoms with van der Waals surface area (Å²) >= 11 is 15.1. The van der Waals surface area contributed by atoms with Crippen molar-refractivity contribution in [2.75, 3.05) is 24.5 Å². The maximum Gasteiger partial charge on any atom is 0.407 e. The Morgan fingerprint density at radius 2 is 2.19 bits per heavy atom. The summed E-state index contributed by atoms with van der Waals surface area (Å²) in [6, 6.07) is 2.98.